The molecule has 0 aliphatic heterocycles. The van der Waals surface area contributed by atoms with Crippen molar-refractivity contribution in [3.8, 4) is 0 Å². The fourth-order valence-corrected chi connectivity index (χ4v) is 2.04. The minimum atomic E-state index is 0.418. The van der Waals surface area contributed by atoms with Gasteiger partial charge in [-0.05, 0) is 33.8 Å². The molecule has 5 nitrogen and oxygen atoms in total. The summed E-state index contributed by atoms with van der Waals surface area (Å²) in [4.78, 5) is 15.9. The molecule has 7 heteroatoms. The van der Waals surface area contributed by atoms with Gasteiger partial charge >= 0.3 is 0 Å². The minimum Gasteiger partial charge on any atom is -0.383 e. The van der Waals surface area contributed by atoms with Crippen LogP contribution < -0.4 is 5.73 Å². The molecule has 0 amide bonds. The lowest BCUT2D eigenvalue weighted by atomic mass is 10.6. The third-order valence-corrected chi connectivity index (χ3v) is 3.54. The van der Waals surface area contributed by atoms with Crippen molar-refractivity contribution in [3.63, 3.8) is 0 Å². The molecule has 2 N–H and O–H groups in total. The Hall–Kier alpha value is -1.21. The average molecular weight is 284 g/mol. The van der Waals surface area contributed by atoms with Gasteiger partial charge in [-0.25, -0.2) is 19.9 Å². The van der Waals surface area contributed by atoms with Crippen LogP contribution in [-0.4, -0.2) is 19.9 Å². The summed E-state index contributed by atoms with van der Waals surface area (Å²) in [5, 5.41) is 1.55. The van der Waals surface area contributed by atoms with Crippen LogP contribution in [0.25, 0.3) is 0 Å². The smallest absolute Gasteiger partial charge is 0.142 e. The molecule has 0 unspecified atom stereocenters. The molecule has 0 saturated carbocycles. The van der Waals surface area contributed by atoms with E-state index in [0.29, 0.717) is 10.3 Å². The van der Waals surface area contributed by atoms with Crippen LogP contribution in [-0.2, 0) is 0 Å². The summed E-state index contributed by atoms with van der Waals surface area (Å²) in [6.45, 7) is 0. The molecule has 2 aromatic rings. The van der Waals surface area contributed by atoms with Gasteiger partial charge in [-0.15, -0.1) is 0 Å². The predicted molar refractivity (Wildman–Crippen MR) is 60.3 cm³/mol. The van der Waals surface area contributed by atoms with Gasteiger partial charge in [-0.3, -0.25) is 0 Å². The van der Waals surface area contributed by atoms with Crippen LogP contribution in [0.15, 0.2) is 39.4 Å². The molecular weight excluding hydrogens is 278 g/mol. The van der Waals surface area contributed by atoms with Crippen molar-refractivity contribution in [2.75, 3.05) is 5.73 Å². The number of nitrogens with zero attached hydrogens (tertiary/aromatic N) is 4. The van der Waals surface area contributed by atoms with E-state index in [1.54, 1.807) is 12.3 Å². The zero-order valence-electron chi connectivity index (χ0n) is 7.46. The Bertz CT molecular complexity index is 464. The van der Waals surface area contributed by atoms with Gasteiger partial charge in [0.15, 0.2) is 0 Å². The van der Waals surface area contributed by atoms with Crippen LogP contribution in [0.2, 0.25) is 0 Å². The van der Waals surface area contributed by atoms with E-state index in [2.05, 4.69) is 35.9 Å². The molecule has 0 saturated heterocycles. The third kappa shape index (κ3) is 2.42. The van der Waals surface area contributed by atoms with Gasteiger partial charge in [-0.2, -0.15) is 0 Å². The Morgan fingerprint density at radius 3 is 2.80 bits per heavy atom. The standard InChI is InChI=1S/C8H6BrN5S/c9-6-7(10)13-4-14-8(6)15-5-1-2-11-3-12-5/h1-4H,(H2,10,13,14). The zero-order chi connectivity index (χ0) is 10.7. The Labute approximate surface area is 98.7 Å². The lowest BCUT2D eigenvalue weighted by Crippen LogP contribution is -1.94. The quantitative estimate of drug-likeness (QED) is 0.847. The molecule has 0 fully saturated rings. The summed E-state index contributed by atoms with van der Waals surface area (Å²) in [6.07, 6.45) is 4.58. The Morgan fingerprint density at radius 1 is 1.20 bits per heavy atom. The first kappa shape index (κ1) is 10.3. The van der Waals surface area contributed by atoms with Crippen LogP contribution in [0, 0.1) is 0 Å². The molecule has 2 rings (SSSR count). The molecule has 2 aromatic heterocycles. The van der Waals surface area contributed by atoms with E-state index in [9.17, 15) is 0 Å². The number of hydrogen-bond donors (Lipinski definition) is 1. The molecule has 0 aliphatic rings. The lowest BCUT2D eigenvalue weighted by molar-refractivity contribution is 1.01. The summed E-state index contributed by atoms with van der Waals surface area (Å²) in [5.74, 6) is 0.418. The number of rotatable bonds is 2. The molecule has 0 radical (unpaired) electrons. The number of nitrogen functional groups attached to an aromatic ring is 1. The summed E-state index contributed by atoms with van der Waals surface area (Å²) >= 11 is 4.72. The van der Waals surface area contributed by atoms with Crippen molar-refractivity contribution in [3.05, 3.63) is 29.4 Å². The molecule has 0 spiro atoms. The van der Waals surface area contributed by atoms with E-state index in [4.69, 9.17) is 5.73 Å². The maximum absolute atomic E-state index is 5.63. The SMILES string of the molecule is Nc1ncnc(Sc2ccncn2)c1Br. The molecule has 0 aliphatic carbocycles. The second kappa shape index (κ2) is 4.54. The highest BCUT2D eigenvalue weighted by molar-refractivity contribution is 9.10. The maximum atomic E-state index is 5.63. The van der Waals surface area contributed by atoms with Gasteiger partial charge in [0, 0.05) is 6.20 Å². The summed E-state index contributed by atoms with van der Waals surface area (Å²) in [5.41, 5.74) is 5.63. The van der Waals surface area contributed by atoms with Gasteiger partial charge < -0.3 is 5.73 Å². The fraction of sp³-hybridized carbons (Fsp3) is 0. The number of hydrogen-bond acceptors (Lipinski definition) is 6. The highest BCUT2D eigenvalue weighted by atomic mass is 79.9. The second-order valence-electron chi connectivity index (χ2n) is 2.53. The summed E-state index contributed by atoms with van der Waals surface area (Å²) in [6, 6.07) is 1.80. The Balaban J connectivity index is 2.29. The topological polar surface area (TPSA) is 77.6 Å². The molecule has 0 bridgehead atoms. The van der Waals surface area contributed by atoms with E-state index in [0.717, 1.165) is 10.1 Å². The number of anilines is 1. The Kier molecular flexibility index (Phi) is 3.12. The van der Waals surface area contributed by atoms with E-state index >= 15 is 0 Å². The van der Waals surface area contributed by atoms with Crippen LogP contribution in [0.4, 0.5) is 5.82 Å². The zero-order valence-corrected chi connectivity index (χ0v) is 9.86. The van der Waals surface area contributed by atoms with Gasteiger partial charge in [-0.1, -0.05) is 0 Å². The minimum absolute atomic E-state index is 0.418. The molecule has 15 heavy (non-hydrogen) atoms. The third-order valence-electron chi connectivity index (χ3n) is 1.54. The van der Waals surface area contributed by atoms with Crippen molar-refractivity contribution in [1.82, 2.24) is 19.9 Å². The summed E-state index contributed by atoms with van der Waals surface area (Å²) < 4.78 is 0.689. The van der Waals surface area contributed by atoms with E-state index in [1.807, 2.05) is 0 Å². The molecule has 0 aromatic carbocycles. The van der Waals surface area contributed by atoms with Crippen molar-refractivity contribution in [2.24, 2.45) is 0 Å². The predicted octanol–water partition coefficient (Wildman–Crippen LogP) is 1.76. The van der Waals surface area contributed by atoms with Gasteiger partial charge in [0.2, 0.25) is 0 Å². The fourth-order valence-electron chi connectivity index (χ4n) is 0.876. The molecule has 0 atom stereocenters. The van der Waals surface area contributed by atoms with Crippen molar-refractivity contribution in [1.29, 1.82) is 0 Å². The van der Waals surface area contributed by atoms with Crippen molar-refractivity contribution < 1.29 is 0 Å². The van der Waals surface area contributed by atoms with E-state index in [1.165, 1.54) is 24.4 Å². The maximum Gasteiger partial charge on any atom is 0.142 e. The van der Waals surface area contributed by atoms with Crippen LogP contribution >= 0.6 is 27.7 Å². The lowest BCUT2D eigenvalue weighted by Gasteiger charge is -2.02. The van der Waals surface area contributed by atoms with Crippen LogP contribution in [0.3, 0.4) is 0 Å². The monoisotopic (exact) mass is 283 g/mol. The van der Waals surface area contributed by atoms with Crippen LogP contribution in [0.1, 0.15) is 0 Å². The summed E-state index contributed by atoms with van der Waals surface area (Å²) in [7, 11) is 0. The first-order valence-electron chi connectivity index (χ1n) is 3.97. The van der Waals surface area contributed by atoms with Gasteiger partial charge in [0.05, 0.1) is 4.47 Å². The van der Waals surface area contributed by atoms with Crippen molar-refractivity contribution in [2.45, 2.75) is 10.1 Å². The van der Waals surface area contributed by atoms with Gasteiger partial charge in [0.25, 0.3) is 0 Å². The first-order valence-corrected chi connectivity index (χ1v) is 5.58. The normalized spacial score (nSPS) is 10.2. The van der Waals surface area contributed by atoms with E-state index < -0.39 is 0 Å². The average Bonchev–Trinajstić information content (AvgIpc) is 2.26. The molecular formula is C8H6BrN5S. The van der Waals surface area contributed by atoms with Crippen molar-refractivity contribution >= 4 is 33.5 Å². The number of nitrogens with two attached hydrogens (primary N) is 1. The second-order valence-corrected chi connectivity index (χ2v) is 4.33. The highest BCUT2D eigenvalue weighted by Gasteiger charge is 2.07. The first-order chi connectivity index (χ1) is 7.27. The number of aromatic nitrogens is 4. The largest absolute Gasteiger partial charge is 0.383 e. The number of halogens is 1. The molecule has 76 valence electrons. The molecule has 2 heterocycles. The van der Waals surface area contributed by atoms with E-state index in [-0.39, 0.29) is 0 Å². The van der Waals surface area contributed by atoms with Gasteiger partial charge in [0.1, 0.15) is 28.5 Å². The Morgan fingerprint density at radius 2 is 2.07 bits per heavy atom. The van der Waals surface area contributed by atoms with Crippen LogP contribution in [0.5, 0.6) is 0 Å². The highest BCUT2D eigenvalue weighted by Crippen LogP contribution is 2.32.